The number of carbonyl (C=O) groups excluding carboxylic acids is 1. The maximum Gasteiger partial charge on any atom is 0.410 e. The lowest BCUT2D eigenvalue weighted by atomic mass is 9.87. The van der Waals surface area contributed by atoms with Gasteiger partial charge in [-0.1, -0.05) is 0 Å². The van der Waals surface area contributed by atoms with Gasteiger partial charge in [0.1, 0.15) is 0 Å². The molecule has 0 radical (unpaired) electrons. The van der Waals surface area contributed by atoms with Gasteiger partial charge in [-0.3, -0.25) is 15.0 Å². The van der Waals surface area contributed by atoms with Crippen LogP contribution in [0.4, 0.5) is 16.2 Å². The first-order valence-corrected chi connectivity index (χ1v) is 6.46. The molecule has 1 aromatic rings. The lowest BCUT2D eigenvalue weighted by Crippen LogP contribution is -2.70. The lowest BCUT2D eigenvalue weighted by Gasteiger charge is -2.55. The van der Waals surface area contributed by atoms with E-state index in [1.54, 1.807) is 17.0 Å². The van der Waals surface area contributed by atoms with Gasteiger partial charge < -0.3 is 9.64 Å². The van der Waals surface area contributed by atoms with Crippen molar-refractivity contribution in [3.63, 3.8) is 0 Å². The number of non-ortho nitro benzene ring substituents is 1. The molecule has 0 saturated carbocycles. The van der Waals surface area contributed by atoms with Crippen molar-refractivity contribution in [2.45, 2.75) is 18.5 Å². The molecule has 4 rings (SSSR count). The lowest BCUT2D eigenvalue weighted by molar-refractivity contribution is -0.384. The number of hydrogen-bond acceptors (Lipinski definition) is 5. The third-order valence-corrected chi connectivity index (χ3v) is 4.00. The van der Waals surface area contributed by atoms with E-state index in [1.165, 1.54) is 19.2 Å². The summed E-state index contributed by atoms with van der Waals surface area (Å²) < 4.78 is 4.77. The maximum absolute atomic E-state index is 11.6. The number of benzene rings is 1. The summed E-state index contributed by atoms with van der Waals surface area (Å²) in [7, 11) is 1.39. The van der Waals surface area contributed by atoms with Crippen LogP contribution in [0.15, 0.2) is 24.3 Å². The zero-order chi connectivity index (χ0) is 14.3. The first-order chi connectivity index (χ1) is 9.60. The van der Waals surface area contributed by atoms with E-state index in [1.807, 2.05) is 0 Å². The largest absolute Gasteiger partial charge is 0.453 e. The van der Waals surface area contributed by atoms with Gasteiger partial charge in [0.05, 0.1) is 24.1 Å². The van der Waals surface area contributed by atoms with Crippen LogP contribution in [0.2, 0.25) is 0 Å². The molecule has 7 heteroatoms. The Labute approximate surface area is 115 Å². The standard InChI is InChI=1S/C13H15N3O4/c1-20-13(17)15-11-6-12(15)8-14(7-11)9-2-4-10(5-3-9)16(18)19/h2-5,11-12H,6-8H2,1H3. The van der Waals surface area contributed by atoms with Crippen LogP contribution < -0.4 is 4.90 Å². The van der Waals surface area contributed by atoms with Crippen LogP contribution in [-0.4, -0.2) is 48.2 Å². The number of piperazine rings is 1. The van der Waals surface area contributed by atoms with E-state index in [0.717, 1.165) is 25.2 Å². The Morgan fingerprint density at radius 3 is 2.40 bits per heavy atom. The van der Waals surface area contributed by atoms with Gasteiger partial charge in [0.25, 0.3) is 5.69 Å². The minimum Gasteiger partial charge on any atom is -0.453 e. The molecule has 3 saturated heterocycles. The molecule has 2 unspecified atom stereocenters. The summed E-state index contributed by atoms with van der Waals surface area (Å²) in [5.74, 6) is 0. The monoisotopic (exact) mass is 277 g/mol. The van der Waals surface area contributed by atoms with E-state index in [-0.39, 0.29) is 23.9 Å². The molecule has 1 aromatic carbocycles. The highest BCUT2D eigenvalue weighted by Crippen LogP contribution is 2.35. The number of hydrogen-bond donors (Lipinski definition) is 0. The molecule has 0 aliphatic carbocycles. The summed E-state index contributed by atoms with van der Waals surface area (Å²) in [4.78, 5) is 25.7. The highest BCUT2D eigenvalue weighted by Gasteiger charge is 2.47. The Balaban J connectivity index is 1.70. The summed E-state index contributed by atoms with van der Waals surface area (Å²) >= 11 is 0. The Hall–Kier alpha value is -2.31. The van der Waals surface area contributed by atoms with Crippen molar-refractivity contribution in [3.05, 3.63) is 34.4 Å². The fraction of sp³-hybridized carbons (Fsp3) is 0.462. The molecular weight excluding hydrogens is 262 g/mol. The van der Waals surface area contributed by atoms with Gasteiger partial charge in [0, 0.05) is 30.9 Å². The highest BCUT2D eigenvalue weighted by molar-refractivity contribution is 5.70. The Morgan fingerprint density at radius 1 is 1.30 bits per heavy atom. The molecule has 106 valence electrons. The number of ether oxygens (including phenoxy) is 1. The van der Waals surface area contributed by atoms with Crippen molar-refractivity contribution in [2.75, 3.05) is 25.1 Å². The second kappa shape index (κ2) is 4.66. The predicted octanol–water partition coefficient (Wildman–Crippen LogP) is 1.62. The fourth-order valence-electron chi connectivity index (χ4n) is 3.01. The second-order valence-electron chi connectivity index (χ2n) is 5.10. The van der Waals surface area contributed by atoms with Crippen molar-refractivity contribution in [1.29, 1.82) is 0 Å². The van der Waals surface area contributed by atoms with Crippen LogP contribution in [0.25, 0.3) is 0 Å². The molecule has 3 heterocycles. The third-order valence-electron chi connectivity index (χ3n) is 4.00. The number of carbonyl (C=O) groups is 1. The normalized spacial score (nSPS) is 24.1. The summed E-state index contributed by atoms with van der Waals surface area (Å²) in [6, 6.07) is 6.88. The quantitative estimate of drug-likeness (QED) is 0.606. The minimum atomic E-state index is -0.406. The van der Waals surface area contributed by atoms with Crippen LogP contribution in [0.3, 0.4) is 0 Å². The molecule has 2 atom stereocenters. The number of nitro benzene ring substituents is 1. The van der Waals surface area contributed by atoms with Gasteiger partial charge >= 0.3 is 6.09 Å². The molecule has 0 aromatic heterocycles. The first-order valence-electron chi connectivity index (χ1n) is 6.46. The average Bonchev–Trinajstić information content (AvgIpc) is 2.47. The SMILES string of the molecule is COC(=O)N1C2CC1CN(c1ccc([N+](=O)[O-])cc1)C2. The summed E-state index contributed by atoms with van der Waals surface area (Å²) in [6.07, 6.45) is 0.730. The topological polar surface area (TPSA) is 75.9 Å². The van der Waals surface area contributed by atoms with Gasteiger partial charge in [-0.25, -0.2) is 4.79 Å². The molecule has 20 heavy (non-hydrogen) atoms. The van der Waals surface area contributed by atoms with Crippen molar-refractivity contribution in [1.82, 2.24) is 4.90 Å². The molecule has 3 aliphatic rings. The van der Waals surface area contributed by atoms with Crippen LogP contribution in [0.1, 0.15) is 6.42 Å². The Kier molecular flexibility index (Phi) is 2.96. The molecular formula is C13H15N3O4. The van der Waals surface area contributed by atoms with Gasteiger partial charge in [0.2, 0.25) is 0 Å². The van der Waals surface area contributed by atoms with Crippen LogP contribution in [0.5, 0.6) is 0 Å². The zero-order valence-corrected chi connectivity index (χ0v) is 11.1. The van der Waals surface area contributed by atoms with Crippen molar-refractivity contribution in [3.8, 4) is 0 Å². The number of rotatable bonds is 2. The molecule has 0 N–H and O–H groups in total. The molecule has 3 aliphatic heterocycles. The third kappa shape index (κ3) is 1.95. The number of nitro groups is 1. The van der Waals surface area contributed by atoms with Crippen LogP contribution in [0, 0.1) is 10.1 Å². The molecule has 1 amide bonds. The number of piperidine rings is 1. The number of amides is 1. The smallest absolute Gasteiger partial charge is 0.410 e. The maximum atomic E-state index is 11.6. The van der Waals surface area contributed by atoms with Gasteiger partial charge in [0.15, 0.2) is 0 Å². The van der Waals surface area contributed by atoms with E-state index in [2.05, 4.69) is 4.90 Å². The van der Waals surface area contributed by atoms with Crippen molar-refractivity contribution in [2.24, 2.45) is 0 Å². The number of nitrogens with zero attached hydrogens (tertiary/aromatic N) is 3. The minimum absolute atomic E-state index is 0.0899. The molecule has 7 nitrogen and oxygen atoms in total. The van der Waals surface area contributed by atoms with E-state index in [4.69, 9.17) is 4.74 Å². The molecule has 3 fully saturated rings. The fourth-order valence-corrected chi connectivity index (χ4v) is 3.01. The van der Waals surface area contributed by atoms with Crippen LogP contribution in [-0.2, 0) is 4.74 Å². The van der Waals surface area contributed by atoms with Gasteiger partial charge in [-0.15, -0.1) is 0 Å². The Bertz CT molecular complexity index is 533. The van der Waals surface area contributed by atoms with Gasteiger partial charge in [-0.05, 0) is 18.6 Å². The zero-order valence-electron chi connectivity index (χ0n) is 11.1. The average molecular weight is 277 g/mol. The summed E-state index contributed by atoms with van der Waals surface area (Å²) in [5.41, 5.74) is 1.04. The second-order valence-corrected chi connectivity index (χ2v) is 5.10. The molecule has 0 spiro atoms. The highest BCUT2D eigenvalue weighted by atomic mass is 16.6. The van der Waals surface area contributed by atoms with E-state index in [0.29, 0.717) is 0 Å². The predicted molar refractivity (Wildman–Crippen MR) is 71.7 cm³/mol. The number of methoxy groups -OCH3 is 1. The summed E-state index contributed by atoms with van der Waals surface area (Å²) in [5, 5.41) is 10.6. The van der Waals surface area contributed by atoms with E-state index >= 15 is 0 Å². The Morgan fingerprint density at radius 2 is 1.90 bits per heavy atom. The summed E-state index contributed by atoms with van der Waals surface area (Å²) in [6.45, 7) is 1.48. The molecule has 2 bridgehead atoms. The van der Waals surface area contributed by atoms with Crippen LogP contribution >= 0.6 is 0 Å². The van der Waals surface area contributed by atoms with E-state index < -0.39 is 4.92 Å². The number of anilines is 1. The van der Waals surface area contributed by atoms with Gasteiger partial charge in [-0.2, -0.15) is 0 Å². The van der Waals surface area contributed by atoms with E-state index in [9.17, 15) is 14.9 Å². The first kappa shape index (κ1) is 12.7. The number of fused-ring (bicyclic) bond motifs is 2. The van der Waals surface area contributed by atoms with Crippen molar-refractivity contribution >= 4 is 17.5 Å². The van der Waals surface area contributed by atoms with Crippen molar-refractivity contribution < 1.29 is 14.5 Å².